The number of carbonyl (C=O) groups excluding carboxylic acids is 2. The molecule has 0 atom stereocenters. The summed E-state index contributed by atoms with van der Waals surface area (Å²) in [4.78, 5) is 28.8. The Bertz CT molecular complexity index is 917. The number of benzene rings is 1. The van der Waals surface area contributed by atoms with E-state index in [2.05, 4.69) is 41.4 Å². The molecule has 0 spiro atoms. The van der Waals surface area contributed by atoms with Crippen LogP contribution in [0.3, 0.4) is 0 Å². The van der Waals surface area contributed by atoms with Crippen molar-refractivity contribution < 1.29 is 14.3 Å². The maximum absolute atomic E-state index is 12.6. The number of rotatable bonds is 4. The van der Waals surface area contributed by atoms with Crippen molar-refractivity contribution in [3.63, 3.8) is 0 Å². The first-order chi connectivity index (χ1) is 12.1. The van der Waals surface area contributed by atoms with E-state index in [1.807, 2.05) is 0 Å². The van der Waals surface area contributed by atoms with Gasteiger partial charge in [0.25, 0.3) is 5.91 Å². The standard InChI is InChI=1S/C19H22N2O3SSi/c1-12-16(24-3)8-7-15(13(2)22)17(12)21-18(23)19-20-14(11-25-19)9-10-26(4,5)6/h7-8,11H,1-6H3,(H,21,23). The van der Waals surface area contributed by atoms with Crippen molar-refractivity contribution in [3.05, 3.63) is 39.3 Å². The monoisotopic (exact) mass is 386 g/mol. The maximum atomic E-state index is 12.6. The zero-order chi connectivity index (χ0) is 19.5. The van der Waals surface area contributed by atoms with Crippen LogP contribution in [-0.2, 0) is 0 Å². The summed E-state index contributed by atoms with van der Waals surface area (Å²) in [5, 5.41) is 4.88. The second kappa shape index (κ2) is 7.85. The molecular weight excluding hydrogens is 364 g/mol. The third kappa shape index (κ3) is 4.81. The summed E-state index contributed by atoms with van der Waals surface area (Å²) in [6.07, 6.45) is 0. The highest BCUT2D eigenvalue weighted by Gasteiger charge is 2.18. The third-order valence-electron chi connectivity index (χ3n) is 3.52. The van der Waals surface area contributed by atoms with Crippen LogP contribution >= 0.6 is 11.3 Å². The number of nitrogens with one attached hydrogen (secondary N) is 1. The van der Waals surface area contributed by atoms with E-state index in [0.29, 0.717) is 33.3 Å². The Labute approximate surface area is 158 Å². The zero-order valence-corrected chi connectivity index (χ0v) is 17.6. The number of thiazole rings is 1. The van der Waals surface area contributed by atoms with Crippen molar-refractivity contribution in [2.24, 2.45) is 0 Å². The first kappa shape index (κ1) is 19.9. The average molecular weight is 387 g/mol. The number of ether oxygens (including phenoxy) is 1. The summed E-state index contributed by atoms with van der Waals surface area (Å²) in [5.74, 6) is 3.14. The topological polar surface area (TPSA) is 68.3 Å². The fourth-order valence-electron chi connectivity index (χ4n) is 2.22. The molecule has 0 saturated heterocycles. The van der Waals surface area contributed by atoms with E-state index in [1.54, 1.807) is 31.5 Å². The summed E-state index contributed by atoms with van der Waals surface area (Å²) in [6.45, 7) is 9.70. The SMILES string of the molecule is COc1ccc(C(C)=O)c(NC(=O)c2nc(C#C[Si](C)(C)C)cs2)c1C. The van der Waals surface area contributed by atoms with Crippen molar-refractivity contribution in [1.82, 2.24) is 4.98 Å². The van der Waals surface area contributed by atoms with Crippen molar-refractivity contribution >= 4 is 36.8 Å². The van der Waals surface area contributed by atoms with Gasteiger partial charge in [-0.05, 0) is 26.0 Å². The first-order valence-corrected chi connectivity index (χ1v) is 12.5. The van der Waals surface area contributed by atoms with Crippen molar-refractivity contribution in [2.45, 2.75) is 33.5 Å². The van der Waals surface area contributed by atoms with Crippen LogP contribution in [0.2, 0.25) is 19.6 Å². The van der Waals surface area contributed by atoms with Gasteiger partial charge in [0.2, 0.25) is 0 Å². The molecule has 5 nitrogen and oxygen atoms in total. The lowest BCUT2D eigenvalue weighted by Gasteiger charge is -2.14. The number of anilines is 1. The number of methoxy groups -OCH3 is 1. The molecule has 1 heterocycles. The number of hydrogen-bond acceptors (Lipinski definition) is 5. The van der Waals surface area contributed by atoms with Crippen LogP contribution < -0.4 is 10.1 Å². The highest BCUT2D eigenvalue weighted by molar-refractivity contribution is 7.11. The normalized spacial score (nSPS) is 10.7. The number of aromatic nitrogens is 1. The number of hydrogen-bond donors (Lipinski definition) is 1. The predicted molar refractivity (Wildman–Crippen MR) is 108 cm³/mol. The molecule has 1 amide bonds. The molecule has 1 N–H and O–H groups in total. The molecule has 1 aromatic carbocycles. The molecular formula is C19H22N2O3SSi. The lowest BCUT2D eigenvalue weighted by molar-refractivity contribution is 0.101. The molecule has 0 aliphatic heterocycles. The van der Waals surface area contributed by atoms with Gasteiger partial charge in [0.15, 0.2) is 10.8 Å². The highest BCUT2D eigenvalue weighted by Crippen LogP contribution is 2.30. The Balaban J connectivity index is 2.32. The maximum Gasteiger partial charge on any atom is 0.284 e. The Morgan fingerprint density at radius 2 is 1.96 bits per heavy atom. The summed E-state index contributed by atoms with van der Waals surface area (Å²) >= 11 is 1.23. The Morgan fingerprint density at radius 1 is 1.27 bits per heavy atom. The fraction of sp³-hybridized carbons (Fsp3) is 0.316. The van der Waals surface area contributed by atoms with Crippen molar-refractivity contribution in [3.8, 4) is 17.2 Å². The number of carbonyl (C=O) groups is 2. The largest absolute Gasteiger partial charge is 0.496 e. The second-order valence-electron chi connectivity index (χ2n) is 6.86. The van der Waals surface area contributed by atoms with Crippen molar-refractivity contribution in [1.29, 1.82) is 0 Å². The van der Waals surface area contributed by atoms with Gasteiger partial charge in [-0.1, -0.05) is 25.6 Å². The fourth-order valence-corrected chi connectivity index (χ4v) is 3.37. The number of nitrogens with zero attached hydrogens (tertiary/aromatic N) is 1. The highest BCUT2D eigenvalue weighted by atomic mass is 32.1. The molecule has 1 aromatic heterocycles. The molecule has 2 rings (SSSR count). The Kier molecular flexibility index (Phi) is 6.00. The first-order valence-electron chi connectivity index (χ1n) is 8.11. The van der Waals surface area contributed by atoms with Crippen LogP contribution in [0.4, 0.5) is 5.69 Å². The van der Waals surface area contributed by atoms with Gasteiger partial charge >= 0.3 is 0 Å². The van der Waals surface area contributed by atoms with Crippen LogP contribution in [0.5, 0.6) is 5.75 Å². The molecule has 7 heteroatoms. The second-order valence-corrected chi connectivity index (χ2v) is 12.5. The molecule has 26 heavy (non-hydrogen) atoms. The average Bonchev–Trinajstić information content (AvgIpc) is 3.03. The van der Waals surface area contributed by atoms with E-state index < -0.39 is 8.07 Å². The smallest absolute Gasteiger partial charge is 0.284 e. The van der Waals surface area contributed by atoms with E-state index >= 15 is 0 Å². The third-order valence-corrected chi connectivity index (χ3v) is 5.23. The van der Waals surface area contributed by atoms with E-state index in [9.17, 15) is 9.59 Å². The molecule has 136 valence electrons. The van der Waals surface area contributed by atoms with Crippen LogP contribution in [0.15, 0.2) is 17.5 Å². The lowest BCUT2D eigenvalue weighted by atomic mass is 10.0. The van der Waals surface area contributed by atoms with Crippen LogP contribution in [0.1, 0.15) is 38.3 Å². The molecule has 0 aliphatic rings. The van der Waals surface area contributed by atoms with Gasteiger partial charge in [-0.2, -0.15) is 0 Å². The van der Waals surface area contributed by atoms with Gasteiger partial charge in [-0.25, -0.2) is 4.98 Å². The minimum Gasteiger partial charge on any atom is -0.496 e. The summed E-state index contributed by atoms with van der Waals surface area (Å²) in [6, 6.07) is 3.37. The van der Waals surface area contributed by atoms with E-state index in [1.165, 1.54) is 18.3 Å². The van der Waals surface area contributed by atoms with Crippen LogP contribution in [0.25, 0.3) is 0 Å². The van der Waals surface area contributed by atoms with Crippen LogP contribution in [-0.4, -0.2) is 31.9 Å². The Hall–Kier alpha value is -2.43. The molecule has 2 aromatic rings. The molecule has 0 radical (unpaired) electrons. The van der Waals surface area contributed by atoms with Gasteiger partial charge in [-0.15, -0.1) is 16.9 Å². The number of Topliss-reactive ketones (excluding diaryl/α,β-unsaturated/α-hetero) is 1. The van der Waals surface area contributed by atoms with E-state index in [-0.39, 0.29) is 11.7 Å². The molecule has 0 fully saturated rings. The molecule has 0 unspecified atom stereocenters. The number of amides is 1. The zero-order valence-electron chi connectivity index (χ0n) is 15.8. The molecule has 0 saturated carbocycles. The van der Waals surface area contributed by atoms with Gasteiger partial charge in [0, 0.05) is 16.5 Å². The van der Waals surface area contributed by atoms with E-state index in [0.717, 1.165) is 0 Å². The lowest BCUT2D eigenvalue weighted by Crippen LogP contribution is -2.16. The number of ketones is 1. The van der Waals surface area contributed by atoms with Crippen LogP contribution in [0, 0.1) is 18.4 Å². The van der Waals surface area contributed by atoms with Gasteiger partial charge in [0.05, 0.1) is 12.8 Å². The quantitative estimate of drug-likeness (QED) is 0.487. The van der Waals surface area contributed by atoms with Crippen molar-refractivity contribution in [2.75, 3.05) is 12.4 Å². The minimum absolute atomic E-state index is 0.133. The van der Waals surface area contributed by atoms with Gasteiger partial charge in [-0.3, -0.25) is 9.59 Å². The Morgan fingerprint density at radius 3 is 2.54 bits per heavy atom. The van der Waals surface area contributed by atoms with E-state index in [4.69, 9.17) is 4.74 Å². The van der Waals surface area contributed by atoms with Gasteiger partial charge in [0.1, 0.15) is 19.5 Å². The summed E-state index contributed by atoms with van der Waals surface area (Å²) in [5.41, 5.74) is 5.41. The summed E-state index contributed by atoms with van der Waals surface area (Å²) < 4.78 is 5.29. The molecule has 0 bridgehead atoms. The molecule has 0 aliphatic carbocycles. The minimum atomic E-state index is -1.51. The predicted octanol–water partition coefficient (Wildman–Crippen LogP) is 4.14. The van der Waals surface area contributed by atoms with Gasteiger partial charge < -0.3 is 10.1 Å². The summed E-state index contributed by atoms with van der Waals surface area (Å²) in [7, 11) is 0.0419.